The van der Waals surface area contributed by atoms with Crippen LogP contribution in [0.3, 0.4) is 0 Å². The van der Waals surface area contributed by atoms with Crippen molar-refractivity contribution in [2.24, 2.45) is 4.99 Å². The van der Waals surface area contributed by atoms with Gasteiger partial charge in [-0.05, 0) is 46.7 Å². The zero-order chi connectivity index (χ0) is 12.6. The first-order valence-corrected chi connectivity index (χ1v) is 6.49. The van der Waals surface area contributed by atoms with Crippen LogP contribution < -0.4 is 10.2 Å². The first-order chi connectivity index (χ1) is 8.88. The average molecular weight is 262 g/mol. The number of hydrogen-bond acceptors (Lipinski definition) is 4. The quantitative estimate of drug-likeness (QED) is 0.478. The smallest absolute Gasteiger partial charge is 0.119 e. The van der Waals surface area contributed by atoms with Crippen LogP contribution >= 0.6 is 11.3 Å². The van der Waals surface area contributed by atoms with Gasteiger partial charge >= 0.3 is 0 Å². The van der Waals surface area contributed by atoms with Crippen molar-refractivity contribution in [2.45, 2.75) is 6.42 Å². The molecule has 0 aliphatic rings. The van der Waals surface area contributed by atoms with Crippen LogP contribution in [-0.4, -0.2) is 18.2 Å². The third kappa shape index (κ3) is 3.87. The molecule has 0 saturated heterocycles. The molecule has 1 aromatic carbocycles. The second-order valence-electron chi connectivity index (χ2n) is 3.61. The predicted molar refractivity (Wildman–Crippen MR) is 73.0 cm³/mol. The van der Waals surface area contributed by atoms with Crippen molar-refractivity contribution >= 4 is 23.4 Å². The van der Waals surface area contributed by atoms with Gasteiger partial charge in [0.25, 0.3) is 0 Å². The minimum atomic E-state index is 0.664. The molecule has 5 heteroatoms. The average Bonchev–Trinajstić information content (AvgIpc) is 2.91. The summed E-state index contributed by atoms with van der Waals surface area (Å²) in [6, 6.07) is 9.48. The van der Waals surface area contributed by atoms with Crippen molar-refractivity contribution < 1.29 is 9.94 Å². The molecule has 2 rings (SSSR count). The van der Waals surface area contributed by atoms with Crippen molar-refractivity contribution in [1.82, 2.24) is 5.48 Å². The van der Waals surface area contributed by atoms with Crippen molar-refractivity contribution in [1.29, 1.82) is 0 Å². The number of aliphatic imine (C=N–C) groups is 1. The maximum Gasteiger partial charge on any atom is 0.119 e. The van der Waals surface area contributed by atoms with Crippen molar-refractivity contribution in [2.75, 3.05) is 6.61 Å². The van der Waals surface area contributed by atoms with Crippen LogP contribution in [0.15, 0.2) is 46.1 Å². The molecule has 1 aromatic heterocycles. The van der Waals surface area contributed by atoms with Crippen molar-refractivity contribution in [3.63, 3.8) is 0 Å². The van der Waals surface area contributed by atoms with Gasteiger partial charge in [-0.3, -0.25) is 10.7 Å². The standard InChI is InChI=1S/C13H14N2O2S/c16-15-10-14-12-1-3-13(4-2-12)17-7-5-11-6-8-18-9-11/h1-4,6,8-10,16H,5,7H2,(H,14,15). The van der Waals surface area contributed by atoms with E-state index in [1.807, 2.05) is 29.7 Å². The zero-order valence-electron chi connectivity index (χ0n) is 9.74. The van der Waals surface area contributed by atoms with Gasteiger partial charge in [-0.25, -0.2) is 4.99 Å². The molecule has 0 radical (unpaired) electrons. The Hall–Kier alpha value is -1.85. The molecule has 0 saturated carbocycles. The van der Waals surface area contributed by atoms with E-state index in [4.69, 9.17) is 9.94 Å². The highest BCUT2D eigenvalue weighted by Crippen LogP contribution is 2.18. The van der Waals surface area contributed by atoms with E-state index >= 15 is 0 Å². The van der Waals surface area contributed by atoms with Crippen molar-refractivity contribution in [3.05, 3.63) is 46.7 Å². The molecule has 4 nitrogen and oxygen atoms in total. The van der Waals surface area contributed by atoms with Crippen molar-refractivity contribution in [3.8, 4) is 5.75 Å². The monoisotopic (exact) mass is 262 g/mol. The molecule has 18 heavy (non-hydrogen) atoms. The largest absolute Gasteiger partial charge is 0.493 e. The maximum absolute atomic E-state index is 8.37. The fourth-order valence-electron chi connectivity index (χ4n) is 1.45. The lowest BCUT2D eigenvalue weighted by molar-refractivity contribution is 0.240. The molecule has 2 aromatic rings. The number of ether oxygens (including phenoxy) is 1. The summed E-state index contributed by atoms with van der Waals surface area (Å²) in [6.45, 7) is 0.664. The van der Waals surface area contributed by atoms with Crippen LogP contribution in [0.1, 0.15) is 5.56 Å². The number of nitrogens with one attached hydrogen (secondary N) is 1. The Morgan fingerprint density at radius 3 is 2.78 bits per heavy atom. The second-order valence-corrected chi connectivity index (χ2v) is 4.39. The SMILES string of the molecule is ONC=Nc1ccc(OCCc2ccsc2)cc1. The normalized spacial score (nSPS) is 10.7. The molecule has 2 N–H and O–H groups in total. The fraction of sp³-hybridized carbons (Fsp3) is 0.154. The first-order valence-electron chi connectivity index (χ1n) is 5.54. The van der Waals surface area contributed by atoms with Crippen LogP contribution in [-0.2, 0) is 6.42 Å². The van der Waals surface area contributed by atoms with Crippen LogP contribution in [0.2, 0.25) is 0 Å². The third-order valence-corrected chi connectivity index (χ3v) is 3.08. The number of rotatable bonds is 6. The Balaban J connectivity index is 1.81. The number of hydroxylamine groups is 1. The Kier molecular flexibility index (Phi) is 4.75. The van der Waals surface area contributed by atoms with E-state index in [0.717, 1.165) is 17.9 Å². The summed E-state index contributed by atoms with van der Waals surface area (Å²) in [4.78, 5) is 3.95. The molecule has 1 heterocycles. The summed E-state index contributed by atoms with van der Waals surface area (Å²) in [5.41, 5.74) is 3.91. The van der Waals surface area contributed by atoms with Crippen LogP contribution in [0, 0.1) is 0 Å². The molecular weight excluding hydrogens is 248 g/mol. The number of thiophene rings is 1. The Bertz CT molecular complexity index is 480. The van der Waals surface area contributed by atoms with E-state index in [1.165, 1.54) is 11.9 Å². The molecule has 0 aliphatic carbocycles. The Morgan fingerprint density at radius 2 is 2.11 bits per heavy atom. The van der Waals surface area contributed by atoms with Gasteiger partial charge in [0.15, 0.2) is 0 Å². The summed E-state index contributed by atoms with van der Waals surface area (Å²) in [6.07, 6.45) is 2.13. The lowest BCUT2D eigenvalue weighted by Crippen LogP contribution is -2.01. The Labute approximate surface area is 110 Å². The lowest BCUT2D eigenvalue weighted by Gasteiger charge is -2.05. The van der Waals surface area contributed by atoms with Gasteiger partial charge in [-0.2, -0.15) is 11.3 Å². The summed E-state index contributed by atoms with van der Waals surface area (Å²) < 4.78 is 5.63. The number of nitrogens with zero attached hydrogens (tertiary/aromatic N) is 1. The molecule has 0 amide bonds. The summed E-state index contributed by atoms with van der Waals surface area (Å²) in [5.74, 6) is 0.820. The highest BCUT2D eigenvalue weighted by molar-refractivity contribution is 7.07. The lowest BCUT2D eigenvalue weighted by atomic mass is 10.2. The van der Waals surface area contributed by atoms with E-state index < -0.39 is 0 Å². The fourth-order valence-corrected chi connectivity index (χ4v) is 2.16. The molecule has 0 fully saturated rings. The molecule has 94 valence electrons. The van der Waals surface area contributed by atoms with Crippen LogP contribution in [0.5, 0.6) is 5.75 Å². The van der Waals surface area contributed by atoms with Gasteiger partial charge in [0.1, 0.15) is 12.1 Å². The van der Waals surface area contributed by atoms with E-state index in [9.17, 15) is 0 Å². The highest BCUT2D eigenvalue weighted by Gasteiger charge is 1.96. The van der Waals surface area contributed by atoms with E-state index in [0.29, 0.717) is 6.61 Å². The predicted octanol–water partition coefficient (Wildman–Crippen LogP) is 3.01. The summed E-state index contributed by atoms with van der Waals surface area (Å²) >= 11 is 1.70. The maximum atomic E-state index is 8.37. The number of hydrogen-bond donors (Lipinski definition) is 2. The molecular formula is C13H14N2O2S. The van der Waals surface area contributed by atoms with E-state index in [2.05, 4.69) is 21.8 Å². The minimum Gasteiger partial charge on any atom is -0.493 e. The minimum absolute atomic E-state index is 0.664. The second kappa shape index (κ2) is 6.78. The van der Waals surface area contributed by atoms with Gasteiger partial charge < -0.3 is 4.74 Å². The summed E-state index contributed by atoms with van der Waals surface area (Å²) in [7, 11) is 0. The van der Waals surface area contributed by atoms with Crippen LogP contribution in [0.4, 0.5) is 5.69 Å². The highest BCUT2D eigenvalue weighted by atomic mass is 32.1. The summed E-state index contributed by atoms with van der Waals surface area (Å²) in [5, 5.41) is 12.6. The van der Waals surface area contributed by atoms with Gasteiger partial charge in [0.2, 0.25) is 0 Å². The molecule has 0 bridgehead atoms. The topological polar surface area (TPSA) is 53.8 Å². The van der Waals surface area contributed by atoms with Gasteiger partial charge in [-0.15, -0.1) is 0 Å². The molecule has 0 spiro atoms. The Morgan fingerprint density at radius 1 is 1.28 bits per heavy atom. The van der Waals surface area contributed by atoms with E-state index in [-0.39, 0.29) is 0 Å². The third-order valence-electron chi connectivity index (χ3n) is 2.35. The van der Waals surface area contributed by atoms with Crippen LogP contribution in [0.25, 0.3) is 0 Å². The zero-order valence-corrected chi connectivity index (χ0v) is 10.6. The molecule has 0 atom stereocenters. The number of benzene rings is 1. The molecule has 0 unspecified atom stereocenters. The van der Waals surface area contributed by atoms with E-state index in [1.54, 1.807) is 11.3 Å². The van der Waals surface area contributed by atoms with Gasteiger partial charge in [-0.1, -0.05) is 0 Å². The van der Waals surface area contributed by atoms with Gasteiger partial charge in [0, 0.05) is 6.42 Å². The first kappa shape index (κ1) is 12.6. The van der Waals surface area contributed by atoms with Gasteiger partial charge in [0.05, 0.1) is 12.3 Å². The molecule has 0 aliphatic heterocycles.